The monoisotopic (exact) mass is 408 g/mol. The van der Waals surface area contributed by atoms with Gasteiger partial charge in [-0.15, -0.1) is 24.8 Å². The summed E-state index contributed by atoms with van der Waals surface area (Å²) in [5, 5.41) is 9.17. The summed E-state index contributed by atoms with van der Waals surface area (Å²) in [6.45, 7) is 2.82. The van der Waals surface area contributed by atoms with E-state index in [-0.39, 0.29) is 30.8 Å². The van der Waals surface area contributed by atoms with Gasteiger partial charge in [-0.1, -0.05) is 24.3 Å². The van der Waals surface area contributed by atoms with Gasteiger partial charge >= 0.3 is 6.03 Å². The number of pyridine rings is 1. The highest BCUT2D eigenvalue weighted by molar-refractivity contribution is 5.89. The van der Waals surface area contributed by atoms with Gasteiger partial charge in [-0.2, -0.15) is 0 Å². The highest BCUT2D eigenvalue weighted by atomic mass is 35.5. The number of rotatable bonds is 5. The van der Waals surface area contributed by atoms with Crippen LogP contribution in [0, 0.1) is 5.92 Å². The van der Waals surface area contributed by atoms with Crippen LogP contribution in [0.25, 0.3) is 12.2 Å². The molecule has 1 aromatic carbocycles. The van der Waals surface area contributed by atoms with Crippen LogP contribution < -0.4 is 16.0 Å². The number of piperidine rings is 1. The lowest BCUT2D eigenvalue weighted by Gasteiger charge is -2.22. The van der Waals surface area contributed by atoms with Crippen molar-refractivity contribution in [3.63, 3.8) is 0 Å². The van der Waals surface area contributed by atoms with Gasteiger partial charge in [-0.3, -0.25) is 4.98 Å². The van der Waals surface area contributed by atoms with Crippen LogP contribution in [0.4, 0.5) is 10.5 Å². The highest BCUT2D eigenvalue weighted by Crippen LogP contribution is 2.13. The number of carbonyl (C=O) groups excluding carboxylic acids is 1. The van der Waals surface area contributed by atoms with E-state index in [1.165, 1.54) is 0 Å². The van der Waals surface area contributed by atoms with Crippen LogP contribution in [0.15, 0.2) is 48.7 Å². The molecular weight excluding hydrogens is 383 g/mol. The van der Waals surface area contributed by atoms with E-state index in [9.17, 15) is 4.79 Å². The van der Waals surface area contributed by atoms with Crippen molar-refractivity contribution >= 4 is 48.7 Å². The first kappa shape index (κ1) is 23.0. The zero-order chi connectivity index (χ0) is 17.3. The Morgan fingerprint density at radius 3 is 2.48 bits per heavy atom. The number of hydrogen-bond donors (Lipinski definition) is 3. The Balaban J connectivity index is 0.00000182. The summed E-state index contributed by atoms with van der Waals surface area (Å²) in [5.41, 5.74) is 2.77. The molecule has 2 aromatic rings. The summed E-state index contributed by atoms with van der Waals surface area (Å²) in [6.07, 6.45) is 7.99. The van der Waals surface area contributed by atoms with Crippen LogP contribution in [0.1, 0.15) is 24.1 Å². The number of benzene rings is 1. The maximum atomic E-state index is 12.0. The van der Waals surface area contributed by atoms with E-state index in [1.54, 1.807) is 6.20 Å². The summed E-state index contributed by atoms with van der Waals surface area (Å²) >= 11 is 0. The number of carbonyl (C=O) groups is 1. The number of aromatic nitrogens is 1. The predicted molar refractivity (Wildman–Crippen MR) is 117 cm³/mol. The average Bonchev–Trinajstić information content (AvgIpc) is 2.67. The molecule has 0 atom stereocenters. The van der Waals surface area contributed by atoms with E-state index >= 15 is 0 Å². The molecule has 1 aliphatic heterocycles. The van der Waals surface area contributed by atoms with Crippen LogP contribution in [-0.2, 0) is 0 Å². The molecule has 1 saturated heterocycles. The molecule has 146 valence electrons. The Labute approximate surface area is 172 Å². The molecule has 0 bridgehead atoms. The zero-order valence-corrected chi connectivity index (χ0v) is 16.7. The first-order valence-electron chi connectivity index (χ1n) is 8.74. The first-order chi connectivity index (χ1) is 12.3. The van der Waals surface area contributed by atoms with Crippen molar-refractivity contribution in [3.05, 3.63) is 59.9 Å². The highest BCUT2D eigenvalue weighted by Gasteiger charge is 2.13. The third-order valence-electron chi connectivity index (χ3n) is 4.31. The minimum atomic E-state index is -0.143. The fourth-order valence-corrected chi connectivity index (χ4v) is 2.83. The number of halogens is 2. The van der Waals surface area contributed by atoms with Gasteiger partial charge in [0.2, 0.25) is 0 Å². The molecule has 0 aliphatic carbocycles. The zero-order valence-electron chi connectivity index (χ0n) is 15.1. The van der Waals surface area contributed by atoms with E-state index in [0.717, 1.165) is 49.4 Å². The fourth-order valence-electron chi connectivity index (χ4n) is 2.83. The van der Waals surface area contributed by atoms with Gasteiger partial charge in [0.25, 0.3) is 0 Å². The van der Waals surface area contributed by atoms with Gasteiger partial charge in [0.05, 0.1) is 5.69 Å². The SMILES string of the molecule is Cl.Cl.O=C(NCC1CCNCC1)Nc1ccc(/C=C/c2ccccn2)cc1. The second kappa shape index (κ2) is 12.3. The molecule has 7 heteroatoms. The Kier molecular flexibility index (Phi) is 10.5. The van der Waals surface area contributed by atoms with Crippen molar-refractivity contribution in [2.75, 3.05) is 25.0 Å². The van der Waals surface area contributed by atoms with Crippen LogP contribution in [-0.4, -0.2) is 30.6 Å². The van der Waals surface area contributed by atoms with Crippen LogP contribution in [0.5, 0.6) is 0 Å². The molecule has 5 nitrogen and oxygen atoms in total. The molecule has 0 unspecified atom stereocenters. The van der Waals surface area contributed by atoms with Crippen molar-refractivity contribution in [1.82, 2.24) is 15.6 Å². The Morgan fingerprint density at radius 2 is 1.81 bits per heavy atom. The van der Waals surface area contributed by atoms with Crippen LogP contribution in [0.3, 0.4) is 0 Å². The number of urea groups is 1. The molecule has 3 rings (SSSR count). The lowest BCUT2D eigenvalue weighted by molar-refractivity contribution is 0.248. The lowest BCUT2D eigenvalue weighted by atomic mass is 9.98. The largest absolute Gasteiger partial charge is 0.338 e. The maximum Gasteiger partial charge on any atom is 0.319 e. The minimum Gasteiger partial charge on any atom is -0.338 e. The van der Waals surface area contributed by atoms with Gasteiger partial charge in [0.1, 0.15) is 0 Å². The molecule has 0 radical (unpaired) electrons. The molecule has 2 amide bonds. The standard InChI is InChI=1S/C20H24N4O.2ClH/c25-20(23-15-17-10-13-21-14-11-17)24-19-8-5-16(6-9-19)4-7-18-3-1-2-12-22-18;;/h1-9,12,17,21H,10-11,13-15H2,(H2,23,24,25);2*1H/b7-4+;;. The molecule has 0 saturated carbocycles. The van der Waals surface area contributed by atoms with Gasteiger partial charge in [0.15, 0.2) is 0 Å². The third-order valence-corrected chi connectivity index (χ3v) is 4.31. The molecule has 1 aliphatic rings. The first-order valence-corrected chi connectivity index (χ1v) is 8.74. The van der Waals surface area contributed by atoms with E-state index in [1.807, 2.05) is 54.6 Å². The van der Waals surface area contributed by atoms with Gasteiger partial charge < -0.3 is 16.0 Å². The number of anilines is 1. The number of nitrogens with one attached hydrogen (secondary N) is 3. The summed E-state index contributed by atoms with van der Waals surface area (Å²) < 4.78 is 0. The molecule has 2 heterocycles. The van der Waals surface area contributed by atoms with Gasteiger partial charge in [-0.25, -0.2) is 4.79 Å². The van der Waals surface area contributed by atoms with E-state index in [0.29, 0.717) is 5.92 Å². The topological polar surface area (TPSA) is 66.1 Å². The maximum absolute atomic E-state index is 12.0. The van der Waals surface area contributed by atoms with Gasteiger partial charge in [0, 0.05) is 18.4 Å². The minimum absolute atomic E-state index is 0. The van der Waals surface area contributed by atoms with Crippen LogP contribution in [0.2, 0.25) is 0 Å². The molecule has 3 N–H and O–H groups in total. The van der Waals surface area contributed by atoms with Crippen molar-refractivity contribution in [1.29, 1.82) is 0 Å². The third kappa shape index (κ3) is 7.99. The van der Waals surface area contributed by atoms with Crippen molar-refractivity contribution in [2.24, 2.45) is 5.92 Å². The lowest BCUT2D eigenvalue weighted by Crippen LogP contribution is -2.37. The molecule has 1 aromatic heterocycles. The Hall–Kier alpha value is -2.08. The van der Waals surface area contributed by atoms with Gasteiger partial charge in [-0.05, 0) is 67.8 Å². The molecule has 1 fully saturated rings. The molecule has 0 spiro atoms. The average molecular weight is 409 g/mol. The normalized spacial score (nSPS) is 14.1. The van der Waals surface area contributed by atoms with Crippen molar-refractivity contribution in [3.8, 4) is 0 Å². The summed E-state index contributed by atoms with van der Waals surface area (Å²) in [7, 11) is 0. The predicted octanol–water partition coefficient (Wildman–Crippen LogP) is 4.22. The Bertz CT molecular complexity index is 702. The fraction of sp³-hybridized carbons (Fsp3) is 0.300. The Morgan fingerprint density at radius 1 is 1.07 bits per heavy atom. The quantitative estimate of drug-likeness (QED) is 0.693. The second-order valence-electron chi connectivity index (χ2n) is 6.24. The molecule has 27 heavy (non-hydrogen) atoms. The summed E-state index contributed by atoms with van der Waals surface area (Å²) in [6, 6.07) is 13.4. The summed E-state index contributed by atoms with van der Waals surface area (Å²) in [4.78, 5) is 16.2. The second-order valence-corrected chi connectivity index (χ2v) is 6.24. The number of hydrogen-bond acceptors (Lipinski definition) is 3. The van der Waals surface area contributed by atoms with E-state index in [4.69, 9.17) is 0 Å². The van der Waals surface area contributed by atoms with E-state index < -0.39 is 0 Å². The number of nitrogens with zero attached hydrogens (tertiary/aromatic N) is 1. The van der Waals surface area contributed by atoms with Crippen molar-refractivity contribution in [2.45, 2.75) is 12.8 Å². The van der Waals surface area contributed by atoms with Crippen molar-refractivity contribution < 1.29 is 4.79 Å². The smallest absolute Gasteiger partial charge is 0.319 e. The van der Waals surface area contributed by atoms with E-state index in [2.05, 4.69) is 20.9 Å². The number of amides is 2. The van der Waals surface area contributed by atoms with Crippen LogP contribution >= 0.6 is 24.8 Å². The molecular formula is C20H26Cl2N4O. The summed E-state index contributed by atoms with van der Waals surface area (Å²) in [5.74, 6) is 0.575.